The van der Waals surface area contributed by atoms with Crippen LogP contribution in [0.2, 0.25) is 0 Å². The molecule has 1 aliphatic carbocycles. The van der Waals surface area contributed by atoms with Crippen molar-refractivity contribution >= 4 is 0 Å². The Morgan fingerprint density at radius 2 is 1.92 bits per heavy atom. The molecule has 0 saturated heterocycles. The fraction of sp³-hybridized carbons (Fsp3) is 0.353. The average Bonchev–Trinajstić information content (AvgIpc) is 3.33. The highest BCUT2D eigenvalue weighted by molar-refractivity contribution is 5.73. The number of hydrogen-bond donors (Lipinski definition) is 0. The van der Waals surface area contributed by atoms with E-state index in [-0.39, 0.29) is 28.8 Å². The second-order valence-corrected chi connectivity index (χ2v) is 6.05. The Hall–Kier alpha value is -2.64. The van der Waals surface area contributed by atoms with Crippen LogP contribution in [0, 0.1) is 0 Å². The lowest BCUT2D eigenvalue weighted by atomic mass is 10.1. The van der Waals surface area contributed by atoms with Gasteiger partial charge in [0, 0.05) is 11.5 Å². The summed E-state index contributed by atoms with van der Waals surface area (Å²) < 4.78 is 49.4. The summed E-state index contributed by atoms with van der Waals surface area (Å²) in [7, 11) is 0. The Morgan fingerprint density at radius 1 is 1.12 bits per heavy atom. The monoisotopic (exact) mass is 349 g/mol. The van der Waals surface area contributed by atoms with Crippen LogP contribution in [0.5, 0.6) is 0 Å². The molecule has 0 radical (unpaired) electrons. The SMILES string of the molecule is FC(F)(F)c1cccc(-c2ocnc2-c2noc(C3CCCC3)n2)c1. The first-order valence-corrected chi connectivity index (χ1v) is 7.97. The molecule has 0 bridgehead atoms. The molecule has 1 aliphatic rings. The summed E-state index contributed by atoms with van der Waals surface area (Å²) in [4.78, 5) is 8.43. The Labute approximate surface area is 140 Å². The predicted octanol–water partition coefficient (Wildman–Crippen LogP) is 5.07. The molecule has 0 N–H and O–H groups in total. The molecular weight excluding hydrogens is 335 g/mol. The first kappa shape index (κ1) is 15.9. The zero-order valence-electron chi connectivity index (χ0n) is 13.1. The molecule has 0 spiro atoms. The fourth-order valence-electron chi connectivity index (χ4n) is 3.12. The van der Waals surface area contributed by atoms with Crippen LogP contribution in [0.1, 0.15) is 43.1 Å². The smallest absolute Gasteiger partial charge is 0.416 e. The third-order valence-electron chi connectivity index (χ3n) is 4.38. The Balaban J connectivity index is 1.69. The van der Waals surface area contributed by atoms with Crippen molar-refractivity contribution in [2.45, 2.75) is 37.8 Å². The number of aromatic nitrogens is 3. The van der Waals surface area contributed by atoms with E-state index < -0.39 is 11.7 Å². The van der Waals surface area contributed by atoms with Gasteiger partial charge in [0.25, 0.3) is 0 Å². The first-order valence-electron chi connectivity index (χ1n) is 7.97. The fourth-order valence-corrected chi connectivity index (χ4v) is 3.12. The maximum atomic E-state index is 12.9. The van der Waals surface area contributed by atoms with Gasteiger partial charge in [-0.15, -0.1) is 0 Å². The van der Waals surface area contributed by atoms with E-state index in [4.69, 9.17) is 8.94 Å². The Kier molecular flexibility index (Phi) is 3.82. The molecule has 4 rings (SSSR count). The van der Waals surface area contributed by atoms with Crippen LogP contribution >= 0.6 is 0 Å². The summed E-state index contributed by atoms with van der Waals surface area (Å²) in [5.74, 6) is 1.20. The minimum atomic E-state index is -4.43. The molecule has 2 aromatic heterocycles. The van der Waals surface area contributed by atoms with E-state index in [1.54, 1.807) is 0 Å². The van der Waals surface area contributed by atoms with Crippen molar-refractivity contribution in [2.24, 2.45) is 0 Å². The van der Waals surface area contributed by atoms with Crippen molar-refractivity contribution in [1.29, 1.82) is 0 Å². The van der Waals surface area contributed by atoms with Crippen LogP contribution in [0.3, 0.4) is 0 Å². The van der Waals surface area contributed by atoms with Crippen molar-refractivity contribution in [3.05, 3.63) is 42.1 Å². The van der Waals surface area contributed by atoms with E-state index in [1.165, 1.54) is 12.1 Å². The summed E-state index contributed by atoms with van der Waals surface area (Å²) in [5, 5.41) is 3.93. The van der Waals surface area contributed by atoms with Gasteiger partial charge in [0.1, 0.15) is 0 Å². The first-order chi connectivity index (χ1) is 12.0. The Morgan fingerprint density at radius 3 is 2.68 bits per heavy atom. The number of oxazole rings is 1. The van der Waals surface area contributed by atoms with E-state index >= 15 is 0 Å². The minimum Gasteiger partial charge on any atom is -0.443 e. The average molecular weight is 349 g/mol. The number of nitrogens with zero attached hydrogens (tertiary/aromatic N) is 3. The largest absolute Gasteiger partial charge is 0.443 e. The van der Waals surface area contributed by atoms with Crippen molar-refractivity contribution in [3.63, 3.8) is 0 Å². The van der Waals surface area contributed by atoms with Crippen LogP contribution in [0.15, 0.2) is 39.6 Å². The van der Waals surface area contributed by atoms with Crippen LogP contribution in [-0.4, -0.2) is 15.1 Å². The predicted molar refractivity (Wildman–Crippen MR) is 81.4 cm³/mol. The highest BCUT2D eigenvalue weighted by atomic mass is 19.4. The summed E-state index contributed by atoms with van der Waals surface area (Å²) in [6.07, 6.45) is 0.986. The molecule has 130 valence electrons. The molecule has 0 unspecified atom stereocenters. The van der Waals surface area contributed by atoms with E-state index in [9.17, 15) is 13.2 Å². The van der Waals surface area contributed by atoms with E-state index in [0.29, 0.717) is 5.89 Å². The topological polar surface area (TPSA) is 65.0 Å². The van der Waals surface area contributed by atoms with Gasteiger partial charge < -0.3 is 8.94 Å². The second kappa shape index (κ2) is 6.02. The van der Waals surface area contributed by atoms with Gasteiger partial charge in [0.15, 0.2) is 17.8 Å². The molecule has 25 heavy (non-hydrogen) atoms. The molecule has 0 amide bonds. The van der Waals surface area contributed by atoms with Crippen LogP contribution in [-0.2, 0) is 6.18 Å². The van der Waals surface area contributed by atoms with E-state index in [1.807, 2.05) is 0 Å². The highest BCUT2D eigenvalue weighted by Crippen LogP contribution is 2.37. The van der Waals surface area contributed by atoms with E-state index in [0.717, 1.165) is 44.2 Å². The van der Waals surface area contributed by atoms with Crippen molar-refractivity contribution in [2.75, 3.05) is 0 Å². The minimum absolute atomic E-state index is 0.185. The van der Waals surface area contributed by atoms with Gasteiger partial charge in [-0.2, -0.15) is 18.2 Å². The lowest BCUT2D eigenvalue weighted by Gasteiger charge is -2.07. The molecule has 3 aromatic rings. The maximum absolute atomic E-state index is 12.9. The number of halogens is 3. The van der Waals surface area contributed by atoms with Crippen LogP contribution < -0.4 is 0 Å². The molecular formula is C17H14F3N3O2. The molecule has 1 fully saturated rings. The number of alkyl halides is 3. The lowest BCUT2D eigenvalue weighted by Crippen LogP contribution is -2.04. The molecule has 2 heterocycles. The summed E-state index contributed by atoms with van der Waals surface area (Å²) in [5.41, 5.74) is -0.228. The summed E-state index contributed by atoms with van der Waals surface area (Å²) in [6.45, 7) is 0. The van der Waals surface area contributed by atoms with Crippen LogP contribution in [0.25, 0.3) is 22.8 Å². The lowest BCUT2D eigenvalue weighted by molar-refractivity contribution is -0.137. The van der Waals surface area contributed by atoms with Crippen molar-refractivity contribution in [1.82, 2.24) is 15.1 Å². The maximum Gasteiger partial charge on any atom is 0.416 e. The van der Waals surface area contributed by atoms with E-state index in [2.05, 4.69) is 15.1 Å². The van der Waals surface area contributed by atoms with Gasteiger partial charge in [-0.05, 0) is 25.0 Å². The molecule has 0 atom stereocenters. The third-order valence-corrected chi connectivity index (χ3v) is 4.38. The quantitative estimate of drug-likeness (QED) is 0.661. The van der Waals surface area contributed by atoms with Gasteiger partial charge >= 0.3 is 6.18 Å². The number of rotatable bonds is 3. The molecule has 1 aromatic carbocycles. The zero-order chi connectivity index (χ0) is 17.4. The van der Waals surface area contributed by atoms with Crippen LogP contribution in [0.4, 0.5) is 13.2 Å². The normalized spacial score (nSPS) is 15.8. The summed E-state index contributed by atoms with van der Waals surface area (Å²) >= 11 is 0. The molecule has 0 aliphatic heterocycles. The van der Waals surface area contributed by atoms with Crippen molar-refractivity contribution < 1.29 is 22.1 Å². The zero-order valence-corrected chi connectivity index (χ0v) is 13.1. The molecule has 1 saturated carbocycles. The number of benzene rings is 1. The summed E-state index contributed by atoms with van der Waals surface area (Å²) in [6, 6.07) is 4.87. The molecule has 8 heteroatoms. The van der Waals surface area contributed by atoms with Gasteiger partial charge in [-0.3, -0.25) is 0 Å². The molecule has 5 nitrogen and oxygen atoms in total. The standard InChI is InChI=1S/C17H14F3N3O2/c18-17(19,20)12-7-3-6-11(8-12)14-13(21-9-24-14)15-22-16(25-23-15)10-4-1-2-5-10/h3,6-10H,1-2,4-5H2. The van der Waals surface area contributed by atoms with Gasteiger partial charge in [0.05, 0.1) is 5.56 Å². The number of hydrogen-bond acceptors (Lipinski definition) is 5. The van der Waals surface area contributed by atoms with Gasteiger partial charge in [0.2, 0.25) is 11.7 Å². The van der Waals surface area contributed by atoms with Gasteiger partial charge in [-0.25, -0.2) is 4.98 Å². The Bertz CT molecular complexity index is 879. The highest BCUT2D eigenvalue weighted by Gasteiger charge is 2.31. The van der Waals surface area contributed by atoms with Gasteiger partial charge in [-0.1, -0.05) is 30.1 Å². The third kappa shape index (κ3) is 3.04. The van der Waals surface area contributed by atoms with Crippen molar-refractivity contribution in [3.8, 4) is 22.8 Å². The second-order valence-electron chi connectivity index (χ2n) is 6.05.